The van der Waals surface area contributed by atoms with Crippen molar-refractivity contribution in [3.63, 3.8) is 0 Å². The Morgan fingerprint density at radius 3 is 2.47 bits per heavy atom. The molecule has 0 aromatic heterocycles. The number of rotatable bonds is 4. The van der Waals surface area contributed by atoms with Crippen LogP contribution in [0.5, 0.6) is 0 Å². The molecule has 0 saturated heterocycles. The minimum atomic E-state index is -1.49. The quantitative estimate of drug-likeness (QED) is 0.845. The fraction of sp³-hybridized carbons (Fsp3) is 0.273. The van der Waals surface area contributed by atoms with Gasteiger partial charge in [-0.15, -0.1) is 0 Å². The van der Waals surface area contributed by atoms with E-state index in [2.05, 4.69) is 0 Å². The molecule has 92 valence electrons. The van der Waals surface area contributed by atoms with Crippen molar-refractivity contribution in [2.75, 3.05) is 0 Å². The van der Waals surface area contributed by atoms with Crippen LogP contribution in [0, 0.1) is 11.6 Å². The lowest BCUT2D eigenvalue weighted by Crippen LogP contribution is -2.03. The maximum absolute atomic E-state index is 13.3. The van der Waals surface area contributed by atoms with Crippen molar-refractivity contribution >= 4 is 22.8 Å². The van der Waals surface area contributed by atoms with Crippen molar-refractivity contribution < 1.29 is 23.5 Å². The molecule has 3 nitrogen and oxygen atoms in total. The van der Waals surface area contributed by atoms with Crippen molar-refractivity contribution in [3.05, 3.63) is 29.3 Å². The van der Waals surface area contributed by atoms with Crippen molar-refractivity contribution in [2.45, 2.75) is 24.7 Å². The molecule has 0 fully saturated rings. The van der Waals surface area contributed by atoms with Crippen molar-refractivity contribution in [1.29, 1.82) is 0 Å². The molecule has 0 atom stereocenters. The van der Waals surface area contributed by atoms with E-state index < -0.39 is 23.2 Å². The molecule has 0 aliphatic heterocycles. The lowest BCUT2D eigenvalue weighted by molar-refractivity contribution is -0.111. The Hall–Kier alpha value is -1.43. The predicted octanol–water partition coefficient (Wildman–Crippen LogP) is 3.08. The second kappa shape index (κ2) is 5.77. The van der Waals surface area contributed by atoms with Gasteiger partial charge in [0.25, 0.3) is 0 Å². The molecule has 1 rings (SSSR count). The van der Waals surface area contributed by atoms with Gasteiger partial charge in [0.15, 0.2) is 5.12 Å². The van der Waals surface area contributed by atoms with Crippen molar-refractivity contribution in [3.8, 4) is 0 Å². The number of carboxylic acid groups (broad SMARTS) is 1. The maximum atomic E-state index is 13.3. The highest BCUT2D eigenvalue weighted by Gasteiger charge is 2.17. The maximum Gasteiger partial charge on any atom is 0.338 e. The number of thioether (sulfide) groups is 1. The minimum absolute atomic E-state index is 0.165. The van der Waals surface area contributed by atoms with Gasteiger partial charge in [-0.2, -0.15) is 0 Å². The molecular formula is C11H10F2O3S. The van der Waals surface area contributed by atoms with E-state index in [1.165, 1.54) is 0 Å². The lowest BCUT2D eigenvalue weighted by atomic mass is 10.2. The molecule has 0 unspecified atom stereocenters. The van der Waals surface area contributed by atoms with Gasteiger partial charge in [-0.05, 0) is 24.2 Å². The highest BCUT2D eigenvalue weighted by molar-refractivity contribution is 8.13. The zero-order valence-corrected chi connectivity index (χ0v) is 9.81. The second-order valence-electron chi connectivity index (χ2n) is 3.29. The summed E-state index contributed by atoms with van der Waals surface area (Å²) < 4.78 is 26.3. The summed E-state index contributed by atoms with van der Waals surface area (Å²) in [5.74, 6) is -3.57. The second-order valence-corrected chi connectivity index (χ2v) is 4.39. The number of halogens is 2. The van der Waals surface area contributed by atoms with Crippen LogP contribution >= 0.6 is 11.8 Å². The lowest BCUT2D eigenvalue weighted by Gasteiger charge is -2.04. The number of carbonyl (C=O) groups is 2. The Morgan fingerprint density at radius 1 is 1.29 bits per heavy atom. The Kier molecular flexibility index (Phi) is 4.62. The zero-order chi connectivity index (χ0) is 13.0. The number of hydrogen-bond acceptors (Lipinski definition) is 3. The highest BCUT2D eigenvalue weighted by Crippen LogP contribution is 2.26. The van der Waals surface area contributed by atoms with E-state index in [0.29, 0.717) is 24.2 Å². The van der Waals surface area contributed by atoms with Crippen LogP contribution in [0.4, 0.5) is 8.78 Å². The average Bonchev–Trinajstić information content (AvgIpc) is 2.21. The third-order valence-electron chi connectivity index (χ3n) is 1.93. The first kappa shape index (κ1) is 13.6. The van der Waals surface area contributed by atoms with E-state index in [0.717, 1.165) is 6.07 Å². The summed E-state index contributed by atoms with van der Waals surface area (Å²) in [5.41, 5.74) is -0.641. The first-order valence-corrected chi connectivity index (χ1v) is 5.70. The number of aromatic carboxylic acids is 1. The van der Waals surface area contributed by atoms with Gasteiger partial charge in [-0.1, -0.05) is 6.92 Å². The normalized spacial score (nSPS) is 10.3. The summed E-state index contributed by atoms with van der Waals surface area (Å²) in [6, 6.07) is 1.32. The molecule has 0 heterocycles. The Bertz CT molecular complexity index is 460. The number of benzene rings is 1. The van der Waals surface area contributed by atoms with Crippen LogP contribution in [0.2, 0.25) is 0 Å². The van der Waals surface area contributed by atoms with Gasteiger partial charge >= 0.3 is 5.97 Å². The molecule has 1 aromatic carbocycles. The first-order chi connectivity index (χ1) is 7.95. The third kappa shape index (κ3) is 3.52. The van der Waals surface area contributed by atoms with Gasteiger partial charge < -0.3 is 5.11 Å². The molecule has 0 aliphatic carbocycles. The van der Waals surface area contributed by atoms with Crippen LogP contribution in [0.25, 0.3) is 0 Å². The molecule has 1 aromatic rings. The zero-order valence-electron chi connectivity index (χ0n) is 9.00. The molecule has 0 radical (unpaired) electrons. The van der Waals surface area contributed by atoms with Gasteiger partial charge in [0.1, 0.15) is 11.6 Å². The number of carboxylic acids is 1. The summed E-state index contributed by atoms with van der Waals surface area (Å²) in [4.78, 5) is 21.8. The van der Waals surface area contributed by atoms with E-state index in [4.69, 9.17) is 5.11 Å². The topological polar surface area (TPSA) is 54.4 Å². The van der Waals surface area contributed by atoms with E-state index in [1.54, 1.807) is 6.92 Å². The van der Waals surface area contributed by atoms with Crippen LogP contribution in [-0.4, -0.2) is 16.2 Å². The van der Waals surface area contributed by atoms with Crippen LogP contribution in [0.15, 0.2) is 17.0 Å². The molecule has 17 heavy (non-hydrogen) atoms. The molecule has 0 spiro atoms. The van der Waals surface area contributed by atoms with E-state index >= 15 is 0 Å². The summed E-state index contributed by atoms with van der Waals surface area (Å²) >= 11 is 0.591. The molecular weight excluding hydrogens is 250 g/mol. The first-order valence-electron chi connectivity index (χ1n) is 4.88. The van der Waals surface area contributed by atoms with E-state index in [1.807, 2.05) is 0 Å². The summed E-state index contributed by atoms with van der Waals surface area (Å²) in [7, 11) is 0. The molecule has 0 saturated carbocycles. The minimum Gasteiger partial charge on any atom is -0.478 e. The van der Waals surface area contributed by atoms with Crippen LogP contribution in [0.1, 0.15) is 30.1 Å². The number of carbonyl (C=O) groups excluding carboxylic acids is 1. The predicted molar refractivity (Wildman–Crippen MR) is 59.1 cm³/mol. The molecule has 1 N–H and O–H groups in total. The fourth-order valence-electron chi connectivity index (χ4n) is 1.15. The SMILES string of the molecule is CCCC(=O)Sc1cc(C(=O)O)c(F)cc1F. The highest BCUT2D eigenvalue weighted by atomic mass is 32.2. The van der Waals surface area contributed by atoms with Gasteiger partial charge in [0.05, 0.1) is 10.5 Å². The van der Waals surface area contributed by atoms with E-state index in [-0.39, 0.29) is 16.4 Å². The summed E-state index contributed by atoms with van der Waals surface area (Å²) in [5, 5.41) is 8.38. The van der Waals surface area contributed by atoms with Gasteiger partial charge in [0, 0.05) is 12.5 Å². The number of hydrogen-bond donors (Lipinski definition) is 1. The van der Waals surface area contributed by atoms with Crippen LogP contribution in [0.3, 0.4) is 0 Å². The standard InChI is InChI=1S/C11H10F2O3S/c1-2-3-10(14)17-9-4-6(11(15)16)7(12)5-8(9)13/h4-5H,2-3H2,1H3,(H,15,16). The molecule has 6 heteroatoms. The smallest absolute Gasteiger partial charge is 0.338 e. The average molecular weight is 260 g/mol. The Balaban J connectivity index is 3.03. The van der Waals surface area contributed by atoms with Crippen molar-refractivity contribution in [1.82, 2.24) is 0 Å². The van der Waals surface area contributed by atoms with Crippen molar-refractivity contribution in [2.24, 2.45) is 0 Å². The Labute approximate surface area is 101 Å². The van der Waals surface area contributed by atoms with Crippen LogP contribution in [-0.2, 0) is 4.79 Å². The largest absolute Gasteiger partial charge is 0.478 e. The molecule has 0 amide bonds. The van der Waals surface area contributed by atoms with Gasteiger partial charge in [-0.3, -0.25) is 4.79 Å². The molecule has 0 aliphatic rings. The third-order valence-corrected chi connectivity index (χ3v) is 2.89. The fourth-order valence-corrected chi connectivity index (χ4v) is 2.03. The Morgan fingerprint density at radius 2 is 1.94 bits per heavy atom. The monoisotopic (exact) mass is 260 g/mol. The summed E-state index contributed by atoms with van der Waals surface area (Å²) in [6.07, 6.45) is 0.865. The van der Waals surface area contributed by atoms with Gasteiger partial charge in [-0.25, -0.2) is 13.6 Å². The van der Waals surface area contributed by atoms with Crippen LogP contribution < -0.4 is 0 Å². The summed E-state index contributed by atoms with van der Waals surface area (Å²) in [6.45, 7) is 1.79. The molecule has 0 bridgehead atoms. The van der Waals surface area contributed by atoms with E-state index in [9.17, 15) is 18.4 Å². The van der Waals surface area contributed by atoms with Gasteiger partial charge in [0.2, 0.25) is 0 Å².